The molecule has 1 aromatic carbocycles. The summed E-state index contributed by atoms with van der Waals surface area (Å²) in [5.74, 6) is 1.20. The third kappa shape index (κ3) is 3.20. The Kier molecular flexibility index (Phi) is 3.97. The van der Waals surface area contributed by atoms with Crippen LogP contribution in [0.25, 0.3) is 0 Å². The largest absolute Gasteiger partial charge is 0.340 e. The van der Waals surface area contributed by atoms with Crippen LogP contribution < -0.4 is 10.2 Å². The Morgan fingerprint density at radius 2 is 2.11 bits per heavy atom. The second-order valence-corrected chi connectivity index (χ2v) is 4.86. The minimum atomic E-state index is 0.550. The van der Waals surface area contributed by atoms with Crippen LogP contribution in [-0.2, 0) is 0 Å². The minimum absolute atomic E-state index is 0.550. The van der Waals surface area contributed by atoms with E-state index in [1.165, 1.54) is 11.2 Å². The number of hydrogen-bond donors (Lipinski definition) is 1. The number of halogens is 1. The number of nitrogens with zero attached hydrogens (tertiary/aromatic N) is 4. The van der Waals surface area contributed by atoms with Crippen LogP contribution in [0.4, 0.5) is 17.3 Å². The van der Waals surface area contributed by atoms with Gasteiger partial charge in [0.05, 0.1) is 0 Å². The van der Waals surface area contributed by atoms with Crippen molar-refractivity contribution >= 4 is 33.3 Å². The average Bonchev–Trinajstić information content (AvgIpc) is 2.42. The Morgan fingerprint density at radius 1 is 1.32 bits per heavy atom. The van der Waals surface area contributed by atoms with Crippen molar-refractivity contribution in [2.24, 2.45) is 0 Å². The highest BCUT2D eigenvalue weighted by Crippen LogP contribution is 2.23. The zero-order chi connectivity index (χ0) is 13.8. The number of nitrogens with one attached hydrogen (secondary N) is 1. The van der Waals surface area contributed by atoms with Crippen molar-refractivity contribution in [1.29, 1.82) is 5.26 Å². The summed E-state index contributed by atoms with van der Waals surface area (Å²) in [5.41, 5.74) is 2.07. The minimum Gasteiger partial charge on any atom is -0.340 e. The van der Waals surface area contributed by atoms with E-state index in [4.69, 9.17) is 5.26 Å². The summed E-state index contributed by atoms with van der Waals surface area (Å²) < 4.78 is 1.06. The molecule has 0 bridgehead atoms. The van der Waals surface area contributed by atoms with Crippen LogP contribution in [0, 0.1) is 18.4 Å². The molecule has 2 aromatic rings. The Hall–Kier alpha value is -2.13. The second-order valence-electron chi connectivity index (χ2n) is 4.01. The van der Waals surface area contributed by atoms with Gasteiger partial charge in [0.2, 0.25) is 0 Å². The van der Waals surface area contributed by atoms with Gasteiger partial charge in [-0.15, -0.1) is 0 Å². The van der Waals surface area contributed by atoms with Gasteiger partial charge in [0.25, 0.3) is 0 Å². The van der Waals surface area contributed by atoms with Crippen molar-refractivity contribution in [3.05, 3.63) is 40.6 Å². The summed E-state index contributed by atoms with van der Waals surface area (Å²) in [6.45, 7) is 2.02. The standard InChI is InChI=1S/C13H12BrN5/c1-9-5-10(3-4-11(9)14)18-12-6-13(17-8-16-12)19(2)7-15/h3-6,8H,1-2H3,(H,16,17,18). The fraction of sp³-hybridized carbons (Fsp3) is 0.154. The lowest BCUT2D eigenvalue weighted by molar-refractivity contribution is 1.08. The maximum Gasteiger partial charge on any atom is 0.185 e. The van der Waals surface area contributed by atoms with Gasteiger partial charge in [-0.05, 0) is 30.7 Å². The molecule has 1 heterocycles. The van der Waals surface area contributed by atoms with Gasteiger partial charge in [-0.3, -0.25) is 4.90 Å². The van der Waals surface area contributed by atoms with Crippen LogP contribution in [0.3, 0.4) is 0 Å². The predicted octanol–water partition coefficient (Wildman–Crippen LogP) is 3.21. The lowest BCUT2D eigenvalue weighted by atomic mass is 10.2. The SMILES string of the molecule is Cc1cc(Nc2cc(N(C)C#N)ncn2)ccc1Br. The Morgan fingerprint density at radius 3 is 2.79 bits per heavy atom. The molecule has 0 spiro atoms. The molecule has 0 unspecified atom stereocenters. The lowest BCUT2D eigenvalue weighted by Crippen LogP contribution is -2.10. The van der Waals surface area contributed by atoms with E-state index in [1.807, 2.05) is 31.3 Å². The van der Waals surface area contributed by atoms with Crippen molar-refractivity contribution in [2.45, 2.75) is 6.92 Å². The Bertz CT molecular complexity index is 635. The Balaban J connectivity index is 2.24. The lowest BCUT2D eigenvalue weighted by Gasteiger charge is -2.10. The van der Waals surface area contributed by atoms with E-state index in [9.17, 15) is 0 Å². The van der Waals surface area contributed by atoms with E-state index in [0.29, 0.717) is 11.6 Å². The highest BCUT2D eigenvalue weighted by molar-refractivity contribution is 9.10. The van der Waals surface area contributed by atoms with E-state index in [-0.39, 0.29) is 0 Å². The van der Waals surface area contributed by atoms with Crippen molar-refractivity contribution in [1.82, 2.24) is 9.97 Å². The maximum absolute atomic E-state index is 8.83. The van der Waals surface area contributed by atoms with Crippen LogP contribution in [0.15, 0.2) is 35.1 Å². The van der Waals surface area contributed by atoms with Crippen LogP contribution in [0.5, 0.6) is 0 Å². The zero-order valence-electron chi connectivity index (χ0n) is 10.6. The van der Waals surface area contributed by atoms with Crippen LogP contribution in [-0.4, -0.2) is 17.0 Å². The first kappa shape index (κ1) is 13.3. The van der Waals surface area contributed by atoms with Gasteiger partial charge >= 0.3 is 0 Å². The van der Waals surface area contributed by atoms with Gasteiger partial charge in [-0.25, -0.2) is 9.97 Å². The average molecular weight is 318 g/mol. The number of nitriles is 1. The molecule has 0 fully saturated rings. The molecule has 0 radical (unpaired) electrons. The topological polar surface area (TPSA) is 64.8 Å². The summed E-state index contributed by atoms with van der Waals surface area (Å²) in [5, 5.41) is 12.0. The second kappa shape index (κ2) is 5.67. The fourth-order valence-corrected chi connectivity index (χ4v) is 1.77. The molecule has 6 heteroatoms. The molecular weight excluding hydrogens is 306 g/mol. The third-order valence-corrected chi connectivity index (χ3v) is 3.47. The van der Waals surface area contributed by atoms with E-state index in [2.05, 4.69) is 31.2 Å². The highest BCUT2D eigenvalue weighted by atomic mass is 79.9. The predicted molar refractivity (Wildman–Crippen MR) is 78.2 cm³/mol. The molecule has 19 heavy (non-hydrogen) atoms. The fourth-order valence-electron chi connectivity index (χ4n) is 1.52. The Labute approximate surface area is 120 Å². The van der Waals surface area contributed by atoms with Crippen molar-refractivity contribution in [2.75, 3.05) is 17.3 Å². The summed E-state index contributed by atoms with van der Waals surface area (Å²) >= 11 is 3.46. The zero-order valence-corrected chi connectivity index (χ0v) is 12.1. The molecule has 2 rings (SSSR count). The summed E-state index contributed by atoms with van der Waals surface area (Å²) in [7, 11) is 1.65. The molecule has 0 aliphatic heterocycles. The number of anilines is 3. The molecule has 5 nitrogen and oxygen atoms in total. The molecule has 96 valence electrons. The number of rotatable bonds is 3. The molecule has 0 atom stereocenters. The molecule has 0 amide bonds. The van der Waals surface area contributed by atoms with E-state index in [1.54, 1.807) is 13.1 Å². The first-order chi connectivity index (χ1) is 9.10. The van der Waals surface area contributed by atoms with E-state index in [0.717, 1.165) is 15.7 Å². The maximum atomic E-state index is 8.83. The van der Waals surface area contributed by atoms with Crippen LogP contribution in [0.1, 0.15) is 5.56 Å². The number of aryl methyl sites for hydroxylation is 1. The number of aromatic nitrogens is 2. The molecular formula is C13H12BrN5. The van der Waals surface area contributed by atoms with Crippen LogP contribution >= 0.6 is 15.9 Å². The molecule has 0 saturated heterocycles. The van der Waals surface area contributed by atoms with Gasteiger partial charge in [0.15, 0.2) is 6.19 Å². The molecule has 0 aliphatic carbocycles. The van der Waals surface area contributed by atoms with Gasteiger partial charge in [-0.2, -0.15) is 5.26 Å². The molecule has 0 saturated carbocycles. The monoisotopic (exact) mass is 317 g/mol. The van der Waals surface area contributed by atoms with Gasteiger partial charge in [0.1, 0.15) is 18.0 Å². The first-order valence-corrected chi connectivity index (χ1v) is 6.38. The quantitative estimate of drug-likeness (QED) is 0.695. The van der Waals surface area contributed by atoms with Crippen LogP contribution in [0.2, 0.25) is 0 Å². The first-order valence-electron chi connectivity index (χ1n) is 5.59. The summed E-state index contributed by atoms with van der Waals surface area (Å²) in [6.07, 6.45) is 3.43. The van der Waals surface area contributed by atoms with E-state index >= 15 is 0 Å². The number of benzene rings is 1. The molecule has 1 N–H and O–H groups in total. The van der Waals surface area contributed by atoms with Gasteiger partial charge in [0, 0.05) is 23.3 Å². The third-order valence-electron chi connectivity index (χ3n) is 2.58. The van der Waals surface area contributed by atoms with E-state index < -0.39 is 0 Å². The van der Waals surface area contributed by atoms with Gasteiger partial charge < -0.3 is 5.32 Å². The molecule has 1 aromatic heterocycles. The van der Waals surface area contributed by atoms with Crippen molar-refractivity contribution in [3.8, 4) is 6.19 Å². The van der Waals surface area contributed by atoms with Crippen molar-refractivity contribution < 1.29 is 0 Å². The summed E-state index contributed by atoms with van der Waals surface area (Å²) in [4.78, 5) is 9.54. The molecule has 0 aliphatic rings. The summed E-state index contributed by atoms with van der Waals surface area (Å²) in [6, 6.07) is 7.66. The van der Waals surface area contributed by atoms with Gasteiger partial charge in [-0.1, -0.05) is 15.9 Å². The van der Waals surface area contributed by atoms with Crippen molar-refractivity contribution in [3.63, 3.8) is 0 Å². The normalized spacial score (nSPS) is 9.79. The highest BCUT2D eigenvalue weighted by Gasteiger charge is 2.04. The smallest absolute Gasteiger partial charge is 0.185 e. The number of hydrogen-bond acceptors (Lipinski definition) is 5.